The van der Waals surface area contributed by atoms with Gasteiger partial charge in [-0.2, -0.15) is 0 Å². The molecule has 0 aliphatic carbocycles. The Labute approximate surface area is 107 Å². The number of hydrogen-bond donors (Lipinski definition) is 0. The maximum absolute atomic E-state index is 10.4. The van der Waals surface area contributed by atoms with E-state index in [0.717, 1.165) is 24.3 Å². The maximum Gasteiger partial charge on any atom is 0.192 e. The Bertz CT molecular complexity index is 448. The summed E-state index contributed by atoms with van der Waals surface area (Å²) in [6, 6.07) is 0. The number of nitrogens with zero attached hydrogens (tertiary/aromatic N) is 4. The molecule has 2 heterocycles. The number of amidine groups is 1. The van der Waals surface area contributed by atoms with Crippen molar-refractivity contribution in [3.05, 3.63) is 25.7 Å². The standard InChI is InChI=1S/C9H11ClN4O2S/c10-9-11-5-7(17-9)6-13-4-2-1-3-8(13)12-14(15)16/h5H,1-4,6H2/b12-8+. The first-order valence-electron chi connectivity index (χ1n) is 5.22. The third-order valence-electron chi connectivity index (χ3n) is 2.51. The first kappa shape index (κ1) is 12.3. The van der Waals surface area contributed by atoms with E-state index in [1.807, 2.05) is 4.90 Å². The highest BCUT2D eigenvalue weighted by molar-refractivity contribution is 7.15. The summed E-state index contributed by atoms with van der Waals surface area (Å²) >= 11 is 7.14. The predicted molar refractivity (Wildman–Crippen MR) is 65.8 cm³/mol. The van der Waals surface area contributed by atoms with Gasteiger partial charge in [-0.25, -0.2) is 15.1 Å². The topological polar surface area (TPSA) is 71.6 Å². The third-order valence-corrected chi connectivity index (χ3v) is 3.61. The highest BCUT2D eigenvalue weighted by atomic mass is 35.5. The maximum atomic E-state index is 10.4. The zero-order valence-corrected chi connectivity index (χ0v) is 10.6. The Morgan fingerprint density at radius 2 is 2.47 bits per heavy atom. The Kier molecular flexibility index (Phi) is 3.90. The van der Waals surface area contributed by atoms with E-state index in [4.69, 9.17) is 11.6 Å². The highest BCUT2D eigenvalue weighted by Crippen LogP contribution is 2.22. The van der Waals surface area contributed by atoms with Crippen molar-refractivity contribution in [2.24, 2.45) is 5.10 Å². The van der Waals surface area contributed by atoms with E-state index in [1.165, 1.54) is 11.3 Å². The molecular weight excluding hydrogens is 264 g/mol. The van der Waals surface area contributed by atoms with Crippen molar-refractivity contribution in [1.82, 2.24) is 9.88 Å². The van der Waals surface area contributed by atoms with Crippen LogP contribution in [0.2, 0.25) is 4.47 Å². The Morgan fingerprint density at radius 1 is 1.65 bits per heavy atom. The van der Waals surface area contributed by atoms with Crippen molar-refractivity contribution in [2.75, 3.05) is 6.54 Å². The lowest BCUT2D eigenvalue weighted by Crippen LogP contribution is -2.35. The minimum atomic E-state index is -0.632. The molecule has 8 heteroatoms. The summed E-state index contributed by atoms with van der Waals surface area (Å²) in [5.74, 6) is 0.547. The van der Waals surface area contributed by atoms with Gasteiger partial charge in [0.15, 0.2) is 15.3 Å². The largest absolute Gasteiger partial charge is 0.350 e. The molecule has 17 heavy (non-hydrogen) atoms. The molecule has 1 aliphatic heterocycles. The van der Waals surface area contributed by atoms with Gasteiger partial charge < -0.3 is 4.90 Å². The van der Waals surface area contributed by atoms with Crippen LogP contribution in [0, 0.1) is 10.1 Å². The van der Waals surface area contributed by atoms with Crippen LogP contribution >= 0.6 is 22.9 Å². The highest BCUT2D eigenvalue weighted by Gasteiger charge is 2.20. The monoisotopic (exact) mass is 274 g/mol. The Morgan fingerprint density at radius 3 is 3.12 bits per heavy atom. The van der Waals surface area contributed by atoms with Gasteiger partial charge in [-0.15, -0.1) is 11.3 Å². The molecule has 0 atom stereocenters. The van der Waals surface area contributed by atoms with Gasteiger partial charge >= 0.3 is 0 Å². The second kappa shape index (κ2) is 5.42. The molecule has 1 aromatic heterocycles. The van der Waals surface area contributed by atoms with Gasteiger partial charge in [0.05, 0.1) is 11.6 Å². The fourth-order valence-electron chi connectivity index (χ4n) is 1.80. The number of nitro groups is 1. The molecule has 1 saturated heterocycles. The van der Waals surface area contributed by atoms with Gasteiger partial charge in [0, 0.05) is 24.0 Å². The number of rotatable bonds is 3. The van der Waals surface area contributed by atoms with Crippen molar-refractivity contribution in [2.45, 2.75) is 25.8 Å². The average molecular weight is 275 g/mol. The fourth-order valence-corrected chi connectivity index (χ4v) is 2.79. The molecule has 0 radical (unpaired) electrons. The summed E-state index contributed by atoms with van der Waals surface area (Å²) in [6.07, 6.45) is 4.34. The molecule has 0 unspecified atom stereocenters. The molecule has 0 spiro atoms. The molecule has 6 nitrogen and oxygen atoms in total. The quantitative estimate of drug-likeness (QED) is 0.627. The molecule has 0 aromatic carbocycles. The first-order valence-corrected chi connectivity index (χ1v) is 6.41. The summed E-state index contributed by atoms with van der Waals surface area (Å²) in [6.45, 7) is 1.39. The van der Waals surface area contributed by atoms with Gasteiger partial charge in [0.25, 0.3) is 0 Å². The number of hydrogen-bond acceptors (Lipinski definition) is 4. The van der Waals surface area contributed by atoms with Crippen LogP contribution in [0.25, 0.3) is 0 Å². The van der Waals surface area contributed by atoms with E-state index in [2.05, 4.69) is 10.1 Å². The summed E-state index contributed by atoms with van der Waals surface area (Å²) < 4.78 is 0.491. The second-order valence-corrected chi connectivity index (χ2v) is 5.41. The van der Waals surface area contributed by atoms with Crippen molar-refractivity contribution < 1.29 is 5.03 Å². The van der Waals surface area contributed by atoms with E-state index in [0.29, 0.717) is 23.3 Å². The van der Waals surface area contributed by atoms with Gasteiger partial charge in [-0.1, -0.05) is 11.6 Å². The molecule has 1 aromatic rings. The molecule has 0 bridgehead atoms. The summed E-state index contributed by atoms with van der Waals surface area (Å²) in [5.41, 5.74) is 0. The van der Waals surface area contributed by atoms with E-state index in [-0.39, 0.29) is 0 Å². The van der Waals surface area contributed by atoms with Crippen molar-refractivity contribution in [3.63, 3.8) is 0 Å². The van der Waals surface area contributed by atoms with Crippen molar-refractivity contribution in [3.8, 4) is 0 Å². The Balaban J connectivity index is 2.09. The molecular formula is C9H11ClN4O2S. The van der Waals surface area contributed by atoms with Crippen LogP contribution in [-0.4, -0.2) is 27.3 Å². The zero-order chi connectivity index (χ0) is 12.3. The minimum absolute atomic E-state index is 0.491. The van der Waals surface area contributed by atoms with Crippen molar-refractivity contribution >= 4 is 28.8 Å². The smallest absolute Gasteiger partial charge is 0.192 e. The van der Waals surface area contributed by atoms with Gasteiger partial charge in [0.1, 0.15) is 0 Å². The van der Waals surface area contributed by atoms with Gasteiger partial charge in [0.2, 0.25) is 0 Å². The first-order chi connectivity index (χ1) is 8.15. The predicted octanol–water partition coefficient (Wildman–Crippen LogP) is 2.37. The summed E-state index contributed by atoms with van der Waals surface area (Å²) in [4.78, 5) is 17.3. The number of piperidine rings is 1. The number of aromatic nitrogens is 1. The van der Waals surface area contributed by atoms with E-state index < -0.39 is 5.03 Å². The van der Waals surface area contributed by atoms with Gasteiger partial charge in [-0.3, -0.25) is 0 Å². The van der Waals surface area contributed by atoms with Crippen LogP contribution < -0.4 is 0 Å². The summed E-state index contributed by atoms with van der Waals surface area (Å²) in [5, 5.41) is 13.2. The van der Waals surface area contributed by atoms with Gasteiger partial charge in [-0.05, 0) is 12.8 Å². The van der Waals surface area contributed by atoms with Crippen molar-refractivity contribution in [1.29, 1.82) is 0 Å². The molecule has 1 fully saturated rings. The van der Waals surface area contributed by atoms with Crippen LogP contribution in [0.3, 0.4) is 0 Å². The second-order valence-electron chi connectivity index (χ2n) is 3.71. The van der Waals surface area contributed by atoms with E-state index in [9.17, 15) is 10.1 Å². The average Bonchev–Trinajstić information content (AvgIpc) is 2.66. The SMILES string of the molecule is O=[N+]([O-])/N=C1\CCCCN1Cc1cnc(Cl)s1. The molecule has 0 N–H and O–H groups in total. The number of halogens is 1. The van der Waals surface area contributed by atoms with Crippen LogP contribution in [0.4, 0.5) is 0 Å². The molecule has 0 saturated carbocycles. The molecule has 1 aliphatic rings. The van der Waals surface area contributed by atoms with E-state index in [1.54, 1.807) is 6.20 Å². The lowest BCUT2D eigenvalue weighted by atomic mass is 10.1. The van der Waals surface area contributed by atoms with Crippen LogP contribution in [0.15, 0.2) is 11.3 Å². The summed E-state index contributed by atoms with van der Waals surface area (Å²) in [7, 11) is 0. The number of thiazole rings is 1. The number of likely N-dealkylation sites (tertiary alicyclic amines) is 1. The zero-order valence-electron chi connectivity index (χ0n) is 9.00. The molecule has 0 amide bonds. The molecule has 92 valence electrons. The fraction of sp³-hybridized carbons (Fsp3) is 0.556. The Hall–Kier alpha value is -1.21. The third kappa shape index (κ3) is 3.37. The van der Waals surface area contributed by atoms with E-state index >= 15 is 0 Å². The lowest BCUT2D eigenvalue weighted by Gasteiger charge is -2.27. The van der Waals surface area contributed by atoms with Crippen LogP contribution in [-0.2, 0) is 6.54 Å². The minimum Gasteiger partial charge on any atom is -0.350 e. The van der Waals surface area contributed by atoms with Crippen LogP contribution in [0.5, 0.6) is 0 Å². The van der Waals surface area contributed by atoms with Crippen LogP contribution in [0.1, 0.15) is 24.1 Å². The number of hydrazone groups is 1. The lowest BCUT2D eigenvalue weighted by molar-refractivity contribution is -0.485. The normalized spacial score (nSPS) is 18.6. The molecule has 2 rings (SSSR count).